The van der Waals surface area contributed by atoms with Gasteiger partial charge in [0.15, 0.2) is 0 Å². The molecule has 0 aromatic rings. The summed E-state index contributed by atoms with van der Waals surface area (Å²) in [5, 5.41) is 67.6. The molecule has 256 valence electrons. The van der Waals surface area contributed by atoms with E-state index in [1.165, 1.54) is 0 Å². The van der Waals surface area contributed by atoms with E-state index < -0.39 is 113 Å². The van der Waals surface area contributed by atoms with Crippen molar-refractivity contribution in [2.45, 2.75) is 47.9 Å². The monoisotopic (exact) mass is 884 g/mol. The predicted octanol–water partition coefficient (Wildman–Crippen LogP) is -11.7. The van der Waals surface area contributed by atoms with Crippen molar-refractivity contribution in [1.29, 1.82) is 0 Å². The molecule has 0 radical (unpaired) electrons. The van der Waals surface area contributed by atoms with Crippen molar-refractivity contribution in [3.63, 3.8) is 0 Å². The van der Waals surface area contributed by atoms with Crippen LogP contribution in [0.1, 0.15) is 32.1 Å². The second-order valence-corrected chi connectivity index (χ2v) is 11.8. The Morgan fingerprint density at radius 1 is 0.435 bits per heavy atom. The van der Waals surface area contributed by atoms with E-state index in [-0.39, 0.29) is 78.3 Å². The standard InChI is InChI=1S/3C4H6O7S.C4H6O4.2Y/c3*5-3(6)1-2(4(7)8)12(9,10)11;5-3(6)1-2-4(7)8;;/h3*2H,1H2,(H,5,6)(H,7,8)(H,9,10,11);1-2H2,(H,5,6)(H,7,8);;/q;;;;2*+3/p-6. The third-order valence-corrected chi connectivity index (χ3v) is 6.71. The molecule has 0 aliphatic rings. The molecule has 0 fully saturated rings. The summed E-state index contributed by atoms with van der Waals surface area (Å²) in [5.41, 5.74) is 0. The maximum absolute atomic E-state index is 10.2. The van der Waals surface area contributed by atoms with Crippen LogP contribution in [0, 0.1) is 0 Å². The van der Waals surface area contributed by atoms with E-state index in [1.54, 1.807) is 0 Å². The molecule has 5 N–H and O–H groups in total. The van der Waals surface area contributed by atoms with Gasteiger partial charge >= 0.3 is 77.4 Å². The number of carbonyl (C=O) groups excluding carboxylic acids is 6. The fourth-order valence-corrected chi connectivity index (χ4v) is 3.37. The first-order valence-electron chi connectivity index (χ1n) is 9.92. The average Bonchev–Trinajstić information content (AvgIpc) is 2.76. The molecule has 30 heteroatoms. The molecular weight excluding hydrogens is 866 g/mol. The molecule has 25 nitrogen and oxygen atoms in total. The number of carbonyl (C=O) groups is 8. The maximum Gasteiger partial charge on any atom is 3.00 e. The molecular formula is C16H18O25S3Y2. The maximum atomic E-state index is 10.2. The largest absolute Gasteiger partial charge is 3.00 e. The fraction of sp³-hybridized carbons (Fsp3) is 0.500. The van der Waals surface area contributed by atoms with Crippen LogP contribution in [0.3, 0.4) is 0 Å². The average molecular weight is 884 g/mol. The van der Waals surface area contributed by atoms with Gasteiger partial charge in [0.25, 0.3) is 30.4 Å². The molecule has 46 heavy (non-hydrogen) atoms. The Hall–Kier alpha value is -2.30. The van der Waals surface area contributed by atoms with E-state index in [0.29, 0.717) is 0 Å². The molecule has 0 aromatic heterocycles. The van der Waals surface area contributed by atoms with Gasteiger partial charge in [-0.1, -0.05) is 0 Å². The van der Waals surface area contributed by atoms with Crippen LogP contribution >= 0.6 is 0 Å². The van der Waals surface area contributed by atoms with Crippen LogP contribution < -0.4 is 30.6 Å². The van der Waals surface area contributed by atoms with Crippen LogP contribution in [-0.4, -0.2) is 113 Å². The molecule has 0 aliphatic carbocycles. The molecule has 3 unspecified atom stereocenters. The predicted molar refractivity (Wildman–Crippen MR) is 114 cm³/mol. The summed E-state index contributed by atoms with van der Waals surface area (Å²) >= 11 is 0. The number of rotatable bonds is 15. The molecule has 0 amide bonds. The van der Waals surface area contributed by atoms with E-state index >= 15 is 0 Å². The van der Waals surface area contributed by atoms with E-state index in [9.17, 15) is 94.2 Å². The quantitative estimate of drug-likeness (QED) is 0.0953. The van der Waals surface area contributed by atoms with Gasteiger partial charge in [-0.25, -0.2) is 0 Å². The molecule has 3 atom stereocenters. The van der Waals surface area contributed by atoms with Crippen molar-refractivity contribution in [2.75, 3.05) is 0 Å². The van der Waals surface area contributed by atoms with E-state index in [1.807, 2.05) is 0 Å². The molecule has 0 saturated carbocycles. The molecule has 0 rings (SSSR count). The van der Waals surface area contributed by atoms with Gasteiger partial charge < -0.3 is 69.6 Å². The summed E-state index contributed by atoms with van der Waals surface area (Å²) in [4.78, 5) is 78.5. The normalized spacial score (nSPS) is 12.2. The van der Waals surface area contributed by atoms with Gasteiger partial charge in [-0.05, 0) is 0 Å². The van der Waals surface area contributed by atoms with Crippen LogP contribution in [0.15, 0.2) is 0 Å². The van der Waals surface area contributed by atoms with E-state index in [0.717, 1.165) is 0 Å². The summed E-state index contributed by atoms with van der Waals surface area (Å²) in [6, 6.07) is 0. The Labute approximate surface area is 307 Å². The van der Waals surface area contributed by atoms with Crippen LogP contribution in [-0.2, 0) is 134 Å². The third-order valence-electron chi connectivity index (χ3n) is 3.48. The molecule has 0 aromatic carbocycles. The fourth-order valence-electron chi connectivity index (χ4n) is 1.60. The van der Waals surface area contributed by atoms with Crippen molar-refractivity contribution in [3.8, 4) is 0 Å². The first-order chi connectivity index (χ1) is 19.4. The van der Waals surface area contributed by atoms with Crippen molar-refractivity contribution in [2.24, 2.45) is 0 Å². The van der Waals surface area contributed by atoms with Gasteiger partial charge in [-0.15, -0.1) is 0 Å². The Morgan fingerprint density at radius 2 is 0.587 bits per heavy atom. The number of hydrogen-bond acceptors (Lipinski definition) is 20. The van der Waals surface area contributed by atoms with Crippen LogP contribution in [0.4, 0.5) is 0 Å². The second kappa shape index (κ2) is 25.7. The summed E-state index contributed by atoms with van der Waals surface area (Å²) in [6.07, 6.45) is -4.59. The Bertz CT molecular complexity index is 1240. The summed E-state index contributed by atoms with van der Waals surface area (Å²) < 4.78 is 85.4. The van der Waals surface area contributed by atoms with Gasteiger partial charge in [0.2, 0.25) is 0 Å². The van der Waals surface area contributed by atoms with Gasteiger partial charge in [-0.2, -0.15) is 25.3 Å². The number of carboxylic acid groups (broad SMARTS) is 8. The Morgan fingerprint density at radius 3 is 0.630 bits per heavy atom. The number of hydrogen-bond donors (Lipinski definition) is 5. The van der Waals surface area contributed by atoms with Crippen LogP contribution in [0.25, 0.3) is 0 Å². The molecule has 0 heterocycles. The van der Waals surface area contributed by atoms with Crippen molar-refractivity contribution in [3.05, 3.63) is 0 Å². The Kier molecular flexibility index (Phi) is 31.4. The topological polar surface area (TPSA) is 478 Å². The van der Waals surface area contributed by atoms with Gasteiger partial charge in [-0.3, -0.25) is 23.2 Å². The third kappa shape index (κ3) is 34.6. The van der Waals surface area contributed by atoms with Crippen LogP contribution in [0.2, 0.25) is 0 Å². The van der Waals surface area contributed by atoms with Gasteiger partial charge in [0.1, 0.15) is 15.7 Å². The van der Waals surface area contributed by atoms with E-state index in [4.69, 9.17) is 23.9 Å². The first-order valence-corrected chi connectivity index (χ1v) is 14.4. The van der Waals surface area contributed by atoms with Gasteiger partial charge in [0, 0.05) is 37.2 Å². The number of carboxylic acids is 8. The van der Waals surface area contributed by atoms with Crippen molar-refractivity contribution in [1.82, 2.24) is 0 Å². The van der Waals surface area contributed by atoms with E-state index in [2.05, 4.69) is 0 Å². The summed E-state index contributed by atoms with van der Waals surface area (Å²) in [7, 11) is -14.8. The minimum absolute atomic E-state index is 0. The van der Waals surface area contributed by atoms with Gasteiger partial charge in [0.05, 0.1) is 30.7 Å². The Balaban J connectivity index is -0.000000115. The summed E-state index contributed by atoms with van der Waals surface area (Å²) in [5.74, 6) is -14.4. The second-order valence-electron chi connectivity index (χ2n) is 6.98. The minimum atomic E-state index is -4.94. The molecule has 0 aliphatic heterocycles. The van der Waals surface area contributed by atoms with Crippen LogP contribution in [0.5, 0.6) is 0 Å². The van der Waals surface area contributed by atoms with Crippen molar-refractivity contribution < 1.29 is 184 Å². The number of aliphatic carboxylic acids is 8. The first kappa shape index (κ1) is 56.1. The minimum Gasteiger partial charge on any atom is -0.550 e. The zero-order valence-electron chi connectivity index (χ0n) is 22.0. The molecule has 0 saturated heterocycles. The molecule has 0 spiro atoms. The zero-order valence-corrected chi connectivity index (χ0v) is 30.2. The van der Waals surface area contributed by atoms with Crippen molar-refractivity contribution >= 4 is 78.1 Å². The molecule has 0 bridgehead atoms. The summed E-state index contributed by atoms with van der Waals surface area (Å²) in [6.45, 7) is 0. The smallest absolute Gasteiger partial charge is 0.550 e. The SMILES string of the molecule is O=C(O)CCC(=O)O.O=C([O-])CC(C(=O)[O-])S(=O)(=O)O.O=C([O-])CC(C(=O)[O-])S(=O)(=O)O.O=C([O-])CC(C(=O)[O-])S(=O)(=O)O.[Y+3].[Y+3]. The zero-order chi connectivity index (χ0) is 36.4.